The molecule has 0 saturated carbocycles. The monoisotopic (exact) mass is 640 g/mol. The fraction of sp³-hybridized carbons (Fsp3) is 0.306. The van der Waals surface area contributed by atoms with Crippen LogP contribution in [0.25, 0.3) is 0 Å². The number of amides is 2. The van der Waals surface area contributed by atoms with Gasteiger partial charge in [0.2, 0.25) is 11.8 Å². The summed E-state index contributed by atoms with van der Waals surface area (Å²) in [5.41, 5.74) is 10.8. The average molecular weight is 641 g/mol. The number of hydrogen-bond acceptors (Lipinski definition) is 8. The summed E-state index contributed by atoms with van der Waals surface area (Å²) >= 11 is 1.66. The van der Waals surface area contributed by atoms with E-state index < -0.39 is 6.29 Å². The van der Waals surface area contributed by atoms with Gasteiger partial charge in [0.15, 0.2) is 6.29 Å². The molecule has 1 fully saturated rings. The highest BCUT2D eigenvalue weighted by Gasteiger charge is 2.32. The van der Waals surface area contributed by atoms with Gasteiger partial charge >= 0.3 is 0 Å². The third-order valence-electron chi connectivity index (χ3n) is 7.70. The van der Waals surface area contributed by atoms with Crippen molar-refractivity contribution in [2.45, 2.75) is 68.8 Å². The number of pyridine rings is 1. The minimum atomic E-state index is -0.551. The van der Waals surface area contributed by atoms with Gasteiger partial charge < -0.3 is 30.9 Å². The Morgan fingerprint density at radius 2 is 1.54 bits per heavy atom. The molecule has 1 aliphatic heterocycles. The molecule has 10 heteroatoms. The highest BCUT2D eigenvalue weighted by molar-refractivity contribution is 7.99. The third-order valence-corrected chi connectivity index (χ3v) is 8.78. The molecule has 0 aliphatic carbocycles. The first kappa shape index (κ1) is 33.2. The molecule has 4 aromatic rings. The van der Waals surface area contributed by atoms with Crippen LogP contribution < -0.4 is 16.4 Å². The number of aliphatic hydroxyl groups excluding tert-OH is 1. The number of ether oxygens (including phenoxy) is 2. The second-order valence-electron chi connectivity index (χ2n) is 11.2. The number of thioether (sulfide) groups is 1. The maximum Gasteiger partial charge on any atom is 0.224 e. The number of rotatable bonds is 14. The number of aromatic nitrogens is 1. The van der Waals surface area contributed by atoms with Crippen LogP contribution >= 0.6 is 11.8 Å². The van der Waals surface area contributed by atoms with Crippen molar-refractivity contribution < 1.29 is 24.2 Å². The van der Waals surface area contributed by atoms with Crippen molar-refractivity contribution in [2.75, 3.05) is 16.8 Å². The van der Waals surface area contributed by atoms with Crippen LogP contribution in [0.15, 0.2) is 102 Å². The zero-order valence-electron chi connectivity index (χ0n) is 25.6. The molecule has 2 amide bonds. The number of hydrogen-bond donors (Lipinski definition) is 4. The molecular formula is C36H40N4O5S. The number of carbonyl (C=O) groups excluding carboxylic acids is 2. The predicted octanol–water partition coefficient (Wildman–Crippen LogP) is 6.31. The molecule has 1 aliphatic rings. The Bertz CT molecular complexity index is 1550. The molecule has 0 spiro atoms. The van der Waals surface area contributed by atoms with E-state index in [1.165, 1.54) is 0 Å². The van der Waals surface area contributed by atoms with E-state index in [4.69, 9.17) is 15.2 Å². The highest BCUT2D eigenvalue weighted by atomic mass is 32.2. The molecule has 9 nitrogen and oxygen atoms in total. The SMILES string of the molecule is Nc1ccccc1NC(=O)CCCCC(=O)NCc1ccc(C2OC(CSc3ccccn3)CC(c3ccc(CO)cc3)O2)cc1. The molecule has 3 unspecified atom stereocenters. The summed E-state index contributed by atoms with van der Waals surface area (Å²) in [5, 5.41) is 16.2. The van der Waals surface area contributed by atoms with E-state index in [1.807, 2.05) is 78.9 Å². The van der Waals surface area contributed by atoms with Crippen molar-refractivity contribution in [3.63, 3.8) is 0 Å². The summed E-state index contributed by atoms with van der Waals surface area (Å²) in [4.78, 5) is 29.0. The van der Waals surface area contributed by atoms with Gasteiger partial charge in [-0.05, 0) is 53.8 Å². The molecule has 1 aromatic heterocycles. The summed E-state index contributed by atoms with van der Waals surface area (Å²) in [6, 6.07) is 28.7. The van der Waals surface area contributed by atoms with Crippen LogP contribution in [0.1, 0.15) is 66.8 Å². The van der Waals surface area contributed by atoms with Gasteiger partial charge in [-0.3, -0.25) is 9.59 Å². The Morgan fingerprint density at radius 3 is 2.26 bits per heavy atom. The summed E-state index contributed by atoms with van der Waals surface area (Å²) < 4.78 is 12.9. The van der Waals surface area contributed by atoms with Gasteiger partial charge in [-0.1, -0.05) is 66.7 Å². The normalized spacial score (nSPS) is 17.7. The van der Waals surface area contributed by atoms with Crippen LogP contribution in [0, 0.1) is 0 Å². The van der Waals surface area contributed by atoms with E-state index in [0.717, 1.165) is 33.0 Å². The minimum absolute atomic E-state index is 0.00213. The first-order valence-corrected chi connectivity index (χ1v) is 16.5. The molecular weight excluding hydrogens is 600 g/mol. The minimum Gasteiger partial charge on any atom is -0.397 e. The summed E-state index contributed by atoms with van der Waals surface area (Å²) in [5.74, 6) is 0.561. The standard InChI is InChI=1S/C36H40N4O5S/c37-30-7-1-2-8-31(30)40-34(43)10-4-3-9-33(42)39-22-25-12-18-28(19-13-25)36-44-29(24-46-35-11-5-6-20-38-35)21-32(45-36)27-16-14-26(23-41)15-17-27/h1-2,5-8,11-20,29,32,36,41H,3-4,9-10,21-24,37H2,(H,39,42)(H,40,43). The van der Waals surface area contributed by atoms with Gasteiger partial charge in [0.1, 0.15) is 0 Å². The average Bonchev–Trinajstić information content (AvgIpc) is 3.10. The quantitative estimate of drug-likeness (QED) is 0.0716. The second kappa shape index (κ2) is 16.9. The van der Waals surface area contributed by atoms with E-state index in [-0.39, 0.29) is 30.6 Å². The van der Waals surface area contributed by atoms with Crippen LogP contribution in [-0.2, 0) is 32.2 Å². The molecule has 5 N–H and O–H groups in total. The number of unbranched alkanes of at least 4 members (excludes halogenated alkanes) is 1. The zero-order chi connectivity index (χ0) is 32.1. The number of benzene rings is 3. The molecule has 0 radical (unpaired) electrons. The number of anilines is 2. The lowest BCUT2D eigenvalue weighted by Gasteiger charge is -2.36. The molecule has 240 valence electrons. The van der Waals surface area contributed by atoms with Gasteiger partial charge in [-0.2, -0.15) is 0 Å². The number of nitrogens with two attached hydrogens (primary N) is 1. The van der Waals surface area contributed by atoms with Crippen molar-refractivity contribution in [3.8, 4) is 0 Å². The largest absolute Gasteiger partial charge is 0.397 e. The molecule has 2 heterocycles. The lowest BCUT2D eigenvalue weighted by atomic mass is 10.0. The first-order chi connectivity index (χ1) is 22.5. The van der Waals surface area contributed by atoms with E-state index in [1.54, 1.807) is 30.1 Å². The van der Waals surface area contributed by atoms with E-state index in [2.05, 4.69) is 15.6 Å². The van der Waals surface area contributed by atoms with Crippen molar-refractivity contribution in [3.05, 3.63) is 119 Å². The zero-order valence-corrected chi connectivity index (χ0v) is 26.5. The summed E-state index contributed by atoms with van der Waals surface area (Å²) in [7, 11) is 0. The number of aliphatic hydroxyl groups is 1. The molecule has 5 rings (SSSR count). The number of carbonyl (C=O) groups is 2. The number of nitrogen functional groups attached to an aromatic ring is 1. The Morgan fingerprint density at radius 1 is 0.848 bits per heavy atom. The fourth-order valence-corrected chi connectivity index (χ4v) is 5.99. The van der Waals surface area contributed by atoms with Crippen LogP contribution in [0.4, 0.5) is 11.4 Å². The van der Waals surface area contributed by atoms with Crippen molar-refractivity contribution in [1.29, 1.82) is 0 Å². The molecule has 0 bridgehead atoms. The van der Waals surface area contributed by atoms with E-state index in [9.17, 15) is 14.7 Å². The topological polar surface area (TPSA) is 136 Å². The van der Waals surface area contributed by atoms with Crippen molar-refractivity contribution >= 4 is 35.0 Å². The number of para-hydroxylation sites is 2. The third kappa shape index (κ3) is 9.89. The van der Waals surface area contributed by atoms with E-state index >= 15 is 0 Å². The van der Waals surface area contributed by atoms with Gasteiger partial charge in [0.05, 0.1) is 35.2 Å². The first-order valence-electron chi connectivity index (χ1n) is 15.5. The Kier molecular flexibility index (Phi) is 12.2. The van der Waals surface area contributed by atoms with Crippen LogP contribution in [0.5, 0.6) is 0 Å². The Hall–Kier alpha value is -4.22. The fourth-order valence-electron chi connectivity index (χ4n) is 5.11. The second-order valence-corrected chi connectivity index (χ2v) is 12.2. The maximum absolute atomic E-state index is 12.4. The predicted molar refractivity (Wildman–Crippen MR) is 180 cm³/mol. The Labute approximate surface area is 273 Å². The summed E-state index contributed by atoms with van der Waals surface area (Å²) in [6.07, 6.45) is 3.61. The van der Waals surface area contributed by atoms with Crippen LogP contribution in [-0.4, -0.2) is 33.8 Å². The van der Waals surface area contributed by atoms with Crippen LogP contribution in [0.2, 0.25) is 0 Å². The number of nitrogens with one attached hydrogen (secondary N) is 2. The lowest BCUT2D eigenvalue weighted by Crippen LogP contribution is -2.31. The lowest BCUT2D eigenvalue weighted by molar-refractivity contribution is -0.245. The smallest absolute Gasteiger partial charge is 0.224 e. The van der Waals surface area contributed by atoms with Gasteiger partial charge in [-0.25, -0.2) is 4.98 Å². The Balaban J connectivity index is 1.10. The van der Waals surface area contributed by atoms with Crippen molar-refractivity contribution in [2.24, 2.45) is 0 Å². The highest BCUT2D eigenvalue weighted by Crippen LogP contribution is 2.39. The van der Waals surface area contributed by atoms with Gasteiger partial charge in [0, 0.05) is 43.3 Å². The molecule has 3 aromatic carbocycles. The van der Waals surface area contributed by atoms with E-state index in [0.29, 0.717) is 50.0 Å². The van der Waals surface area contributed by atoms with Gasteiger partial charge in [0.25, 0.3) is 0 Å². The molecule has 1 saturated heterocycles. The maximum atomic E-state index is 12.4. The molecule has 46 heavy (non-hydrogen) atoms. The van der Waals surface area contributed by atoms with Crippen molar-refractivity contribution in [1.82, 2.24) is 10.3 Å². The molecule has 3 atom stereocenters. The summed E-state index contributed by atoms with van der Waals surface area (Å²) in [6.45, 7) is 0.403. The number of nitrogens with zero attached hydrogens (tertiary/aromatic N) is 1. The van der Waals surface area contributed by atoms with Gasteiger partial charge in [-0.15, -0.1) is 11.8 Å². The van der Waals surface area contributed by atoms with Crippen LogP contribution in [0.3, 0.4) is 0 Å².